The van der Waals surface area contributed by atoms with E-state index in [4.69, 9.17) is 10.5 Å². The zero-order chi connectivity index (χ0) is 16.4. The first-order valence-electron chi connectivity index (χ1n) is 7.77. The maximum absolute atomic E-state index is 11.7. The fourth-order valence-corrected chi connectivity index (χ4v) is 2.76. The van der Waals surface area contributed by atoms with Gasteiger partial charge in [-0.3, -0.25) is 9.78 Å². The Hall–Kier alpha value is -2.40. The monoisotopic (exact) mass is 311 g/mol. The van der Waals surface area contributed by atoms with Crippen molar-refractivity contribution in [1.82, 2.24) is 4.98 Å². The minimum Gasteiger partial charge on any atom is -0.378 e. The van der Waals surface area contributed by atoms with Crippen LogP contribution in [-0.2, 0) is 4.74 Å². The van der Waals surface area contributed by atoms with Gasteiger partial charge in [-0.2, -0.15) is 0 Å². The average Bonchev–Trinajstić information content (AvgIpc) is 2.58. The first kappa shape index (κ1) is 15.5. The van der Waals surface area contributed by atoms with E-state index in [0.717, 1.165) is 48.8 Å². The van der Waals surface area contributed by atoms with Gasteiger partial charge >= 0.3 is 0 Å². The molecule has 0 unspecified atom stereocenters. The smallest absolute Gasteiger partial charge is 0.250 e. The molecule has 1 fully saturated rings. The molecule has 0 saturated carbocycles. The molecule has 5 nitrogen and oxygen atoms in total. The summed E-state index contributed by atoms with van der Waals surface area (Å²) in [6, 6.07) is 9.92. The van der Waals surface area contributed by atoms with Gasteiger partial charge in [0.15, 0.2) is 0 Å². The third kappa shape index (κ3) is 3.19. The number of ether oxygens (including phenoxy) is 1. The molecule has 1 amide bonds. The summed E-state index contributed by atoms with van der Waals surface area (Å²) < 4.78 is 5.38. The summed E-state index contributed by atoms with van der Waals surface area (Å²) in [5.41, 5.74) is 10.6. The second-order valence-electron chi connectivity index (χ2n) is 5.80. The number of rotatable bonds is 3. The van der Waals surface area contributed by atoms with Crippen LogP contribution in [0.4, 0.5) is 5.69 Å². The summed E-state index contributed by atoms with van der Waals surface area (Å²) >= 11 is 0. The van der Waals surface area contributed by atoms with Crippen LogP contribution in [0.2, 0.25) is 0 Å². The van der Waals surface area contributed by atoms with Crippen LogP contribution in [0.1, 0.15) is 21.6 Å². The quantitative estimate of drug-likeness (QED) is 0.944. The SMILES string of the molecule is Cc1cc(C(N)=O)c(-c2ccc(N3CCOCC3)cc2)nc1C. The summed E-state index contributed by atoms with van der Waals surface area (Å²) in [6.07, 6.45) is 0. The lowest BCUT2D eigenvalue weighted by molar-refractivity contribution is 0.100. The van der Waals surface area contributed by atoms with Crippen molar-refractivity contribution < 1.29 is 9.53 Å². The van der Waals surface area contributed by atoms with E-state index in [1.807, 2.05) is 32.0 Å². The van der Waals surface area contributed by atoms with Crippen molar-refractivity contribution >= 4 is 11.6 Å². The highest BCUT2D eigenvalue weighted by molar-refractivity contribution is 5.99. The second-order valence-corrected chi connectivity index (χ2v) is 5.80. The van der Waals surface area contributed by atoms with Gasteiger partial charge in [0, 0.05) is 30.0 Å². The molecule has 2 aromatic rings. The van der Waals surface area contributed by atoms with Gasteiger partial charge in [-0.25, -0.2) is 0 Å². The molecule has 3 rings (SSSR count). The second kappa shape index (κ2) is 6.38. The van der Waals surface area contributed by atoms with Crippen LogP contribution >= 0.6 is 0 Å². The normalized spacial score (nSPS) is 14.8. The van der Waals surface area contributed by atoms with Crippen LogP contribution in [0.15, 0.2) is 30.3 Å². The summed E-state index contributed by atoms with van der Waals surface area (Å²) in [7, 11) is 0. The predicted octanol–water partition coefficient (Wildman–Crippen LogP) is 2.30. The van der Waals surface area contributed by atoms with E-state index >= 15 is 0 Å². The van der Waals surface area contributed by atoms with Crippen molar-refractivity contribution in [2.24, 2.45) is 5.73 Å². The van der Waals surface area contributed by atoms with E-state index in [1.165, 1.54) is 0 Å². The molecule has 1 aromatic carbocycles. The molecule has 23 heavy (non-hydrogen) atoms. The Bertz CT molecular complexity index is 720. The first-order valence-corrected chi connectivity index (χ1v) is 7.77. The van der Waals surface area contributed by atoms with Crippen LogP contribution in [0.3, 0.4) is 0 Å². The molecular weight excluding hydrogens is 290 g/mol. The zero-order valence-corrected chi connectivity index (χ0v) is 13.5. The maximum atomic E-state index is 11.7. The van der Waals surface area contributed by atoms with Crippen molar-refractivity contribution in [3.8, 4) is 11.3 Å². The molecule has 0 atom stereocenters. The third-order valence-electron chi connectivity index (χ3n) is 4.25. The van der Waals surface area contributed by atoms with E-state index in [2.05, 4.69) is 22.0 Å². The van der Waals surface area contributed by atoms with E-state index < -0.39 is 5.91 Å². The average molecular weight is 311 g/mol. The molecule has 0 radical (unpaired) electrons. The minimum absolute atomic E-state index is 0.451. The van der Waals surface area contributed by atoms with Gasteiger partial charge in [-0.15, -0.1) is 0 Å². The zero-order valence-electron chi connectivity index (χ0n) is 13.5. The van der Waals surface area contributed by atoms with E-state index in [0.29, 0.717) is 11.3 Å². The van der Waals surface area contributed by atoms with Crippen molar-refractivity contribution in [2.75, 3.05) is 31.2 Å². The number of nitrogens with two attached hydrogens (primary N) is 1. The number of aryl methyl sites for hydroxylation is 2. The Balaban J connectivity index is 1.95. The van der Waals surface area contributed by atoms with Crippen LogP contribution < -0.4 is 10.6 Å². The van der Waals surface area contributed by atoms with Gasteiger partial charge in [0.05, 0.1) is 24.5 Å². The molecule has 0 spiro atoms. The van der Waals surface area contributed by atoms with Crippen LogP contribution in [0.5, 0.6) is 0 Å². The molecule has 5 heteroatoms. The molecule has 2 heterocycles. The first-order chi connectivity index (χ1) is 11.1. The highest BCUT2D eigenvalue weighted by atomic mass is 16.5. The molecule has 1 aliphatic rings. The van der Waals surface area contributed by atoms with Crippen molar-refractivity contribution in [2.45, 2.75) is 13.8 Å². The molecular formula is C18H21N3O2. The van der Waals surface area contributed by atoms with Crippen molar-refractivity contribution in [1.29, 1.82) is 0 Å². The molecule has 0 aliphatic carbocycles. The van der Waals surface area contributed by atoms with Gasteiger partial charge in [0.1, 0.15) is 0 Å². The largest absolute Gasteiger partial charge is 0.378 e. The standard InChI is InChI=1S/C18H21N3O2/c1-12-11-16(18(19)22)17(20-13(12)2)14-3-5-15(6-4-14)21-7-9-23-10-8-21/h3-6,11H,7-10H2,1-2H3,(H2,19,22). The summed E-state index contributed by atoms with van der Waals surface area (Å²) in [4.78, 5) is 18.6. The van der Waals surface area contributed by atoms with E-state index in [1.54, 1.807) is 0 Å². The van der Waals surface area contributed by atoms with Gasteiger partial charge in [-0.1, -0.05) is 12.1 Å². The molecule has 0 bridgehead atoms. The fourth-order valence-electron chi connectivity index (χ4n) is 2.76. The third-order valence-corrected chi connectivity index (χ3v) is 4.25. The molecule has 120 valence electrons. The Morgan fingerprint density at radius 2 is 1.83 bits per heavy atom. The number of carbonyl (C=O) groups excluding carboxylic acids is 1. The number of carbonyl (C=O) groups is 1. The van der Waals surface area contributed by atoms with Gasteiger partial charge in [0.2, 0.25) is 0 Å². The lowest BCUT2D eigenvalue weighted by atomic mass is 10.0. The van der Waals surface area contributed by atoms with Crippen LogP contribution in [0.25, 0.3) is 11.3 Å². The van der Waals surface area contributed by atoms with Crippen molar-refractivity contribution in [3.63, 3.8) is 0 Å². The van der Waals surface area contributed by atoms with E-state index in [-0.39, 0.29) is 0 Å². The highest BCUT2D eigenvalue weighted by Gasteiger charge is 2.15. The topological polar surface area (TPSA) is 68.5 Å². The summed E-state index contributed by atoms with van der Waals surface area (Å²) in [5, 5.41) is 0. The number of anilines is 1. The van der Waals surface area contributed by atoms with Gasteiger partial charge < -0.3 is 15.4 Å². The Morgan fingerprint density at radius 3 is 2.43 bits per heavy atom. The Kier molecular flexibility index (Phi) is 4.30. The number of aromatic nitrogens is 1. The maximum Gasteiger partial charge on any atom is 0.250 e. The van der Waals surface area contributed by atoms with Crippen LogP contribution in [-0.4, -0.2) is 37.2 Å². The number of amides is 1. The predicted molar refractivity (Wildman–Crippen MR) is 90.7 cm³/mol. The number of primary amides is 1. The van der Waals surface area contributed by atoms with Crippen molar-refractivity contribution in [3.05, 3.63) is 47.2 Å². The number of morpholine rings is 1. The van der Waals surface area contributed by atoms with Crippen LogP contribution in [0, 0.1) is 13.8 Å². The number of hydrogen-bond donors (Lipinski definition) is 1. The minimum atomic E-state index is -0.451. The molecule has 1 saturated heterocycles. The molecule has 1 aliphatic heterocycles. The Morgan fingerprint density at radius 1 is 1.17 bits per heavy atom. The van der Waals surface area contributed by atoms with E-state index in [9.17, 15) is 4.79 Å². The highest BCUT2D eigenvalue weighted by Crippen LogP contribution is 2.26. The lowest BCUT2D eigenvalue weighted by Gasteiger charge is -2.29. The number of hydrogen-bond acceptors (Lipinski definition) is 4. The Labute approximate surface area is 136 Å². The number of nitrogens with zero attached hydrogens (tertiary/aromatic N) is 2. The molecule has 2 N–H and O–H groups in total. The summed E-state index contributed by atoms with van der Waals surface area (Å²) in [6.45, 7) is 7.17. The number of benzene rings is 1. The number of pyridine rings is 1. The van der Waals surface area contributed by atoms with Gasteiger partial charge in [0.25, 0.3) is 5.91 Å². The van der Waals surface area contributed by atoms with Gasteiger partial charge in [-0.05, 0) is 37.6 Å². The fraction of sp³-hybridized carbons (Fsp3) is 0.333. The molecule has 1 aromatic heterocycles. The lowest BCUT2D eigenvalue weighted by Crippen LogP contribution is -2.36. The summed E-state index contributed by atoms with van der Waals surface area (Å²) in [5.74, 6) is -0.451.